The lowest BCUT2D eigenvalue weighted by Crippen LogP contribution is -2.33. The first kappa shape index (κ1) is 25.6. The van der Waals surface area contributed by atoms with E-state index in [2.05, 4.69) is 10.3 Å². The Morgan fingerprint density at radius 2 is 1.80 bits per heavy atom. The van der Waals surface area contributed by atoms with Crippen LogP contribution in [0.2, 0.25) is 0 Å². The van der Waals surface area contributed by atoms with E-state index >= 15 is 0 Å². The van der Waals surface area contributed by atoms with E-state index in [0.717, 1.165) is 16.7 Å². The SMILES string of the molecule is Cc1cccc(CNC(=O)c2ccncc2CN(CC(=O)O)[C@@H](C)c2ccc(C(=O)O)c(C)c2)c1. The Bertz CT molecular complexity index is 1240. The molecule has 0 radical (unpaired) electrons. The number of benzene rings is 2. The first-order valence-electron chi connectivity index (χ1n) is 11.2. The van der Waals surface area contributed by atoms with Crippen molar-refractivity contribution in [2.24, 2.45) is 0 Å². The van der Waals surface area contributed by atoms with E-state index in [1.807, 2.05) is 38.1 Å². The van der Waals surface area contributed by atoms with Crippen LogP contribution < -0.4 is 5.32 Å². The molecule has 3 aromatic rings. The average Bonchev–Trinajstić information content (AvgIpc) is 2.81. The van der Waals surface area contributed by atoms with Gasteiger partial charge in [-0.3, -0.25) is 19.5 Å². The van der Waals surface area contributed by atoms with Gasteiger partial charge in [-0.15, -0.1) is 0 Å². The molecule has 3 rings (SSSR count). The van der Waals surface area contributed by atoms with Crippen LogP contribution in [0.1, 0.15) is 61.5 Å². The van der Waals surface area contributed by atoms with E-state index in [1.54, 1.807) is 36.2 Å². The summed E-state index contributed by atoms with van der Waals surface area (Å²) < 4.78 is 0. The van der Waals surface area contributed by atoms with E-state index in [4.69, 9.17) is 0 Å². The van der Waals surface area contributed by atoms with Gasteiger partial charge in [0.2, 0.25) is 0 Å². The Kier molecular flexibility index (Phi) is 8.33. The summed E-state index contributed by atoms with van der Waals surface area (Å²) >= 11 is 0. The zero-order valence-corrected chi connectivity index (χ0v) is 20.0. The molecule has 0 aliphatic rings. The zero-order chi connectivity index (χ0) is 25.5. The van der Waals surface area contributed by atoms with Gasteiger partial charge < -0.3 is 15.5 Å². The Morgan fingerprint density at radius 1 is 1.03 bits per heavy atom. The van der Waals surface area contributed by atoms with Crippen molar-refractivity contribution >= 4 is 17.8 Å². The highest BCUT2D eigenvalue weighted by atomic mass is 16.4. The highest BCUT2D eigenvalue weighted by molar-refractivity contribution is 5.95. The molecule has 8 heteroatoms. The third-order valence-corrected chi connectivity index (χ3v) is 5.91. The Balaban J connectivity index is 1.82. The van der Waals surface area contributed by atoms with Crippen LogP contribution in [-0.2, 0) is 17.9 Å². The maximum atomic E-state index is 13.0. The lowest BCUT2D eigenvalue weighted by molar-refractivity contribution is -0.139. The van der Waals surface area contributed by atoms with Crippen molar-refractivity contribution in [3.8, 4) is 0 Å². The third-order valence-electron chi connectivity index (χ3n) is 5.91. The average molecular weight is 476 g/mol. The van der Waals surface area contributed by atoms with E-state index in [0.29, 0.717) is 23.2 Å². The van der Waals surface area contributed by atoms with E-state index in [9.17, 15) is 24.6 Å². The lowest BCUT2D eigenvalue weighted by atomic mass is 9.99. The minimum Gasteiger partial charge on any atom is -0.480 e. The molecule has 1 atom stereocenters. The third kappa shape index (κ3) is 6.74. The number of carbonyl (C=O) groups excluding carboxylic acids is 1. The minimum atomic E-state index is -1.01. The van der Waals surface area contributed by atoms with Crippen molar-refractivity contribution in [2.75, 3.05) is 6.54 Å². The molecule has 1 amide bonds. The number of aliphatic carboxylic acids is 1. The Morgan fingerprint density at radius 3 is 2.46 bits per heavy atom. The largest absolute Gasteiger partial charge is 0.480 e. The van der Waals surface area contributed by atoms with Crippen molar-refractivity contribution in [1.82, 2.24) is 15.2 Å². The molecule has 3 N–H and O–H groups in total. The number of pyridine rings is 1. The summed E-state index contributed by atoms with van der Waals surface area (Å²) in [6.07, 6.45) is 3.10. The number of nitrogens with zero attached hydrogens (tertiary/aromatic N) is 2. The first-order chi connectivity index (χ1) is 16.7. The maximum Gasteiger partial charge on any atom is 0.335 e. The van der Waals surface area contributed by atoms with E-state index < -0.39 is 11.9 Å². The fourth-order valence-corrected chi connectivity index (χ4v) is 3.99. The van der Waals surface area contributed by atoms with Crippen LogP contribution in [0.15, 0.2) is 60.9 Å². The molecule has 0 fully saturated rings. The van der Waals surface area contributed by atoms with Crippen molar-refractivity contribution in [3.63, 3.8) is 0 Å². The molecule has 0 aliphatic heterocycles. The number of aromatic nitrogens is 1. The predicted octanol–water partition coefficient (Wildman–Crippen LogP) is 3.97. The van der Waals surface area contributed by atoms with Gasteiger partial charge >= 0.3 is 11.9 Å². The Hall–Kier alpha value is -4.04. The van der Waals surface area contributed by atoms with E-state index in [1.165, 1.54) is 12.3 Å². The van der Waals surface area contributed by atoms with Gasteiger partial charge in [0.05, 0.1) is 12.1 Å². The van der Waals surface area contributed by atoms with E-state index in [-0.39, 0.29) is 30.6 Å². The number of aromatic carboxylic acids is 1. The van der Waals surface area contributed by atoms with Crippen LogP contribution in [0.5, 0.6) is 0 Å². The second-order valence-electron chi connectivity index (χ2n) is 8.56. The van der Waals surface area contributed by atoms with Crippen LogP contribution in [0, 0.1) is 13.8 Å². The van der Waals surface area contributed by atoms with Crippen LogP contribution in [-0.4, -0.2) is 44.5 Å². The first-order valence-corrected chi connectivity index (χ1v) is 11.2. The summed E-state index contributed by atoms with van der Waals surface area (Å²) in [6, 6.07) is 14.1. The molecular formula is C27H29N3O5. The van der Waals surface area contributed by atoms with Gasteiger partial charge in [0.15, 0.2) is 0 Å². The number of carbonyl (C=O) groups is 3. The zero-order valence-electron chi connectivity index (χ0n) is 20.0. The second-order valence-corrected chi connectivity index (χ2v) is 8.56. The molecule has 1 heterocycles. The summed E-state index contributed by atoms with van der Waals surface area (Å²) in [5, 5.41) is 21.7. The monoisotopic (exact) mass is 475 g/mol. The molecule has 0 saturated carbocycles. The van der Waals surface area contributed by atoms with Gasteiger partial charge in [0.25, 0.3) is 5.91 Å². The fraction of sp³-hybridized carbons (Fsp3) is 0.259. The normalized spacial score (nSPS) is 11.8. The molecule has 182 valence electrons. The molecule has 0 bridgehead atoms. The standard InChI is InChI=1S/C27H29N3O5/c1-17-5-4-6-20(11-17)13-29-26(33)24-9-10-28-14-22(24)15-30(16-25(31)32)19(3)21-7-8-23(27(34)35)18(2)12-21/h4-12,14,19H,13,15-16H2,1-3H3,(H,29,33)(H,31,32)(H,34,35)/t19-/m0/s1. The lowest BCUT2D eigenvalue weighted by Gasteiger charge is -2.29. The number of hydrogen-bond donors (Lipinski definition) is 3. The minimum absolute atomic E-state index is 0.175. The fourth-order valence-electron chi connectivity index (χ4n) is 3.99. The number of carboxylic acids is 2. The molecule has 0 unspecified atom stereocenters. The van der Waals surface area contributed by atoms with Crippen molar-refractivity contribution in [2.45, 2.75) is 39.9 Å². The highest BCUT2D eigenvalue weighted by Gasteiger charge is 2.22. The molecule has 8 nitrogen and oxygen atoms in total. The summed E-state index contributed by atoms with van der Waals surface area (Å²) in [5.41, 5.74) is 4.68. The number of carboxylic acid groups (broad SMARTS) is 2. The number of nitrogens with one attached hydrogen (secondary N) is 1. The number of rotatable bonds is 10. The van der Waals surface area contributed by atoms with Crippen LogP contribution in [0.3, 0.4) is 0 Å². The number of hydrogen-bond acceptors (Lipinski definition) is 5. The Labute approximate surface area is 204 Å². The van der Waals surface area contributed by atoms with Crippen LogP contribution in [0.25, 0.3) is 0 Å². The van der Waals surface area contributed by atoms with Crippen molar-refractivity contribution in [1.29, 1.82) is 0 Å². The van der Waals surface area contributed by atoms with Crippen LogP contribution >= 0.6 is 0 Å². The molecule has 2 aromatic carbocycles. The summed E-state index contributed by atoms with van der Waals surface area (Å²) in [7, 11) is 0. The topological polar surface area (TPSA) is 120 Å². The maximum absolute atomic E-state index is 13.0. The quantitative estimate of drug-likeness (QED) is 0.406. The van der Waals surface area contributed by atoms with Crippen LogP contribution in [0.4, 0.5) is 0 Å². The van der Waals surface area contributed by atoms with Crippen molar-refractivity contribution < 1.29 is 24.6 Å². The summed E-state index contributed by atoms with van der Waals surface area (Å²) in [6.45, 7) is 5.83. The van der Waals surface area contributed by atoms with Gasteiger partial charge in [-0.05, 0) is 55.2 Å². The molecular weight excluding hydrogens is 446 g/mol. The van der Waals surface area contributed by atoms with Gasteiger partial charge in [-0.1, -0.05) is 42.0 Å². The highest BCUT2D eigenvalue weighted by Crippen LogP contribution is 2.25. The van der Waals surface area contributed by atoms with Crippen molar-refractivity contribution in [3.05, 3.63) is 99.9 Å². The number of aryl methyl sites for hydroxylation is 2. The van der Waals surface area contributed by atoms with Gasteiger partial charge in [-0.2, -0.15) is 0 Å². The molecule has 0 saturated heterocycles. The molecule has 0 spiro atoms. The predicted molar refractivity (Wildman–Crippen MR) is 131 cm³/mol. The van der Waals surface area contributed by atoms with Gasteiger partial charge in [0.1, 0.15) is 0 Å². The smallest absolute Gasteiger partial charge is 0.335 e. The molecule has 0 aliphatic carbocycles. The van der Waals surface area contributed by atoms with Gasteiger partial charge in [-0.25, -0.2) is 4.79 Å². The molecule has 1 aromatic heterocycles. The number of amides is 1. The second kappa shape index (κ2) is 11.4. The van der Waals surface area contributed by atoms with Gasteiger partial charge in [0, 0.05) is 37.1 Å². The summed E-state index contributed by atoms with van der Waals surface area (Å²) in [5.74, 6) is -2.29. The summed E-state index contributed by atoms with van der Waals surface area (Å²) in [4.78, 5) is 41.8. The molecule has 35 heavy (non-hydrogen) atoms.